The molecule has 1 amide bonds. The summed E-state index contributed by atoms with van der Waals surface area (Å²) in [5, 5.41) is 5.23. The first-order chi connectivity index (χ1) is 12.6. The number of amides is 1. The number of carbonyl (C=O) groups excluding carboxylic acids is 1. The third kappa shape index (κ3) is 3.02. The van der Waals surface area contributed by atoms with Gasteiger partial charge in [0.05, 0.1) is 11.9 Å². The van der Waals surface area contributed by atoms with Gasteiger partial charge in [0.15, 0.2) is 0 Å². The Morgan fingerprint density at radius 3 is 3.00 bits per heavy atom. The molecule has 0 bridgehead atoms. The number of rotatable bonds is 3. The minimum absolute atomic E-state index is 0.0485. The molecular weight excluding hydrogens is 350 g/mol. The number of nitrogens with two attached hydrogens (primary N) is 1. The zero-order chi connectivity index (χ0) is 18.3. The van der Waals surface area contributed by atoms with E-state index >= 15 is 0 Å². The molecule has 26 heavy (non-hydrogen) atoms. The van der Waals surface area contributed by atoms with Gasteiger partial charge < -0.3 is 5.73 Å². The summed E-state index contributed by atoms with van der Waals surface area (Å²) in [6.45, 7) is 0.516. The van der Waals surface area contributed by atoms with Gasteiger partial charge in [0.25, 0.3) is 0 Å². The van der Waals surface area contributed by atoms with Gasteiger partial charge in [0.1, 0.15) is 0 Å². The van der Waals surface area contributed by atoms with E-state index in [-0.39, 0.29) is 23.8 Å². The van der Waals surface area contributed by atoms with Crippen LogP contribution >= 0.6 is 11.6 Å². The van der Waals surface area contributed by atoms with E-state index in [1.54, 1.807) is 0 Å². The largest absolute Gasteiger partial charge is 0.329 e. The Bertz CT molecular complexity index is 820. The van der Waals surface area contributed by atoms with Crippen molar-refractivity contribution in [2.45, 2.75) is 31.2 Å². The molecule has 4 rings (SSSR count). The van der Waals surface area contributed by atoms with Crippen LogP contribution in [-0.2, 0) is 11.8 Å². The fraction of sp³-hybridized carbons (Fsp3) is 0.474. The van der Waals surface area contributed by atoms with Crippen molar-refractivity contribution >= 4 is 17.5 Å². The molecule has 2 heterocycles. The summed E-state index contributed by atoms with van der Waals surface area (Å²) < 4.78 is 1.92. The van der Waals surface area contributed by atoms with Gasteiger partial charge in [-0.25, -0.2) is 5.43 Å². The molecule has 0 spiro atoms. The third-order valence-corrected chi connectivity index (χ3v) is 6.13. The highest BCUT2D eigenvalue weighted by molar-refractivity contribution is 6.30. The molecule has 2 aromatic rings. The van der Waals surface area contributed by atoms with Crippen LogP contribution in [0.4, 0.5) is 0 Å². The molecule has 0 radical (unpaired) electrons. The van der Waals surface area contributed by atoms with E-state index in [2.05, 4.69) is 22.0 Å². The average molecular weight is 374 g/mol. The molecule has 4 atom stereocenters. The fourth-order valence-electron chi connectivity index (χ4n) is 4.60. The minimum atomic E-state index is 0.0485. The maximum absolute atomic E-state index is 12.2. The summed E-state index contributed by atoms with van der Waals surface area (Å²) >= 11 is 6.20. The number of hydrogen-bond acceptors (Lipinski definition) is 4. The smallest absolute Gasteiger partial charge is 0.237 e. The van der Waals surface area contributed by atoms with Crippen molar-refractivity contribution in [3.63, 3.8) is 0 Å². The van der Waals surface area contributed by atoms with Gasteiger partial charge >= 0.3 is 0 Å². The molecule has 6 nitrogen and oxygen atoms in total. The van der Waals surface area contributed by atoms with Crippen LogP contribution in [0.3, 0.4) is 0 Å². The third-order valence-electron chi connectivity index (χ3n) is 5.89. The molecule has 1 saturated carbocycles. The van der Waals surface area contributed by atoms with E-state index in [9.17, 15) is 4.79 Å². The highest BCUT2D eigenvalue weighted by Crippen LogP contribution is 2.44. The van der Waals surface area contributed by atoms with Gasteiger partial charge in [-0.15, -0.1) is 0 Å². The summed E-state index contributed by atoms with van der Waals surface area (Å²) in [5.74, 6) is 0.757. The highest BCUT2D eigenvalue weighted by Gasteiger charge is 2.43. The lowest BCUT2D eigenvalue weighted by Crippen LogP contribution is -2.62. The topological polar surface area (TPSA) is 85.0 Å². The van der Waals surface area contributed by atoms with E-state index < -0.39 is 0 Å². The lowest BCUT2D eigenvalue weighted by molar-refractivity contribution is -0.133. The number of fused-ring (bicyclic) bond motifs is 1. The number of halogens is 1. The van der Waals surface area contributed by atoms with Crippen LogP contribution in [-0.4, -0.2) is 28.3 Å². The summed E-state index contributed by atoms with van der Waals surface area (Å²) in [7, 11) is 1.96. The van der Waals surface area contributed by atoms with Crippen molar-refractivity contribution in [1.82, 2.24) is 20.6 Å². The average Bonchev–Trinajstić information content (AvgIpc) is 3.03. The predicted molar refractivity (Wildman–Crippen MR) is 101 cm³/mol. The molecule has 1 aromatic heterocycles. The molecule has 138 valence electrons. The maximum atomic E-state index is 12.2. The van der Waals surface area contributed by atoms with Crippen molar-refractivity contribution in [3.05, 3.63) is 41.0 Å². The first kappa shape index (κ1) is 17.5. The fourth-order valence-corrected chi connectivity index (χ4v) is 4.79. The van der Waals surface area contributed by atoms with Crippen LogP contribution in [0.15, 0.2) is 30.5 Å². The number of nitrogens with one attached hydrogen (secondary N) is 2. The summed E-state index contributed by atoms with van der Waals surface area (Å²) in [5.41, 5.74) is 15.2. The Morgan fingerprint density at radius 1 is 1.38 bits per heavy atom. The van der Waals surface area contributed by atoms with Crippen LogP contribution < -0.4 is 16.6 Å². The molecule has 2 aliphatic rings. The van der Waals surface area contributed by atoms with Crippen molar-refractivity contribution in [3.8, 4) is 11.3 Å². The Kier molecular flexibility index (Phi) is 4.73. The van der Waals surface area contributed by atoms with Crippen LogP contribution in [0.1, 0.15) is 30.7 Å². The predicted octanol–water partition coefficient (Wildman–Crippen LogP) is 2.20. The Morgan fingerprint density at radius 2 is 2.23 bits per heavy atom. The zero-order valence-electron chi connectivity index (χ0n) is 14.8. The number of benzene rings is 1. The monoisotopic (exact) mass is 373 g/mol. The van der Waals surface area contributed by atoms with Gasteiger partial charge in [0, 0.05) is 41.7 Å². The van der Waals surface area contributed by atoms with Gasteiger partial charge in [-0.3, -0.25) is 14.9 Å². The molecular formula is C19H24ClN5O. The SMILES string of the molecule is Cn1ncc(C2CCC3C(=O)NNC(CN)C3C2)c1-c1cccc(Cl)c1. The molecule has 2 fully saturated rings. The highest BCUT2D eigenvalue weighted by atomic mass is 35.5. The quantitative estimate of drug-likeness (QED) is 0.770. The van der Waals surface area contributed by atoms with E-state index in [0.717, 1.165) is 35.5 Å². The number of nitrogens with zero attached hydrogens (tertiary/aromatic N) is 2. The maximum Gasteiger partial charge on any atom is 0.237 e. The van der Waals surface area contributed by atoms with E-state index in [0.29, 0.717) is 12.5 Å². The van der Waals surface area contributed by atoms with E-state index in [1.807, 2.05) is 36.1 Å². The first-order valence-corrected chi connectivity index (χ1v) is 9.49. The number of aryl methyl sites for hydroxylation is 1. The normalized spacial score (nSPS) is 28.5. The molecule has 1 aromatic carbocycles. The number of carbonyl (C=O) groups is 1. The number of hydrogen-bond donors (Lipinski definition) is 3. The van der Waals surface area contributed by atoms with Crippen molar-refractivity contribution in [2.24, 2.45) is 24.6 Å². The Hall–Kier alpha value is -1.89. The second-order valence-corrected chi connectivity index (χ2v) is 7.78. The molecule has 1 aliphatic carbocycles. The standard InChI is InChI=1S/C19H24ClN5O/c1-25-18(12-3-2-4-13(20)7-12)16(10-22-25)11-5-6-14-15(8-11)17(9-21)23-24-19(14)26/h2-4,7,10-11,14-15,17,23H,5-6,8-9,21H2,1H3,(H,24,26). The van der Waals surface area contributed by atoms with E-state index in [4.69, 9.17) is 17.3 Å². The lowest BCUT2D eigenvalue weighted by atomic mass is 9.68. The second-order valence-electron chi connectivity index (χ2n) is 7.34. The Labute approximate surface area is 158 Å². The number of aromatic nitrogens is 2. The molecule has 4 unspecified atom stereocenters. The number of hydrazine groups is 1. The first-order valence-electron chi connectivity index (χ1n) is 9.11. The van der Waals surface area contributed by atoms with E-state index in [1.165, 1.54) is 5.56 Å². The lowest BCUT2D eigenvalue weighted by Gasteiger charge is -2.43. The van der Waals surface area contributed by atoms with Gasteiger partial charge in [-0.1, -0.05) is 23.7 Å². The zero-order valence-corrected chi connectivity index (χ0v) is 15.5. The van der Waals surface area contributed by atoms with Crippen LogP contribution in [0.2, 0.25) is 5.02 Å². The molecule has 7 heteroatoms. The van der Waals surface area contributed by atoms with Crippen LogP contribution in [0.25, 0.3) is 11.3 Å². The van der Waals surface area contributed by atoms with Gasteiger partial charge in [-0.2, -0.15) is 5.10 Å². The molecule has 1 saturated heterocycles. The van der Waals surface area contributed by atoms with Gasteiger partial charge in [-0.05, 0) is 43.2 Å². The summed E-state index contributed by atoms with van der Waals surface area (Å²) in [6.07, 6.45) is 4.76. The van der Waals surface area contributed by atoms with Crippen molar-refractivity contribution < 1.29 is 4.79 Å². The summed E-state index contributed by atoms with van der Waals surface area (Å²) in [6, 6.07) is 8.00. The van der Waals surface area contributed by atoms with Crippen LogP contribution in [0, 0.1) is 11.8 Å². The molecule has 1 aliphatic heterocycles. The van der Waals surface area contributed by atoms with Gasteiger partial charge in [0.2, 0.25) is 5.91 Å². The molecule has 4 N–H and O–H groups in total. The van der Waals surface area contributed by atoms with Crippen molar-refractivity contribution in [2.75, 3.05) is 6.54 Å². The Balaban J connectivity index is 1.66. The van der Waals surface area contributed by atoms with Crippen molar-refractivity contribution in [1.29, 1.82) is 0 Å². The van der Waals surface area contributed by atoms with Crippen LogP contribution in [0.5, 0.6) is 0 Å². The minimum Gasteiger partial charge on any atom is -0.329 e. The summed E-state index contributed by atoms with van der Waals surface area (Å²) in [4.78, 5) is 12.2. The second kappa shape index (κ2) is 7.02.